The van der Waals surface area contributed by atoms with E-state index in [1.807, 2.05) is 22.7 Å². The molecule has 5 heteroatoms. The third-order valence-corrected chi connectivity index (χ3v) is 4.66. The standard InChI is InChI=1S/C15H18N4O/c20-15(10-4-5-14-18-16-9-19(14)8-10)11-6-12-2-1-3-13(7-11)17-12/h4-5,8-9,11-13,17H,1-3,6-7H2. The molecule has 0 aromatic carbocycles. The lowest BCUT2D eigenvalue weighted by Gasteiger charge is -2.39. The van der Waals surface area contributed by atoms with Crippen LogP contribution in [0, 0.1) is 5.92 Å². The Labute approximate surface area is 117 Å². The molecule has 5 nitrogen and oxygen atoms in total. The molecule has 2 aliphatic rings. The maximum Gasteiger partial charge on any atom is 0.167 e. The highest BCUT2D eigenvalue weighted by atomic mass is 16.1. The topological polar surface area (TPSA) is 59.3 Å². The van der Waals surface area contributed by atoms with Gasteiger partial charge in [0.2, 0.25) is 0 Å². The predicted molar refractivity (Wildman–Crippen MR) is 74.6 cm³/mol. The lowest BCUT2D eigenvalue weighted by molar-refractivity contribution is 0.0824. The number of carbonyl (C=O) groups excluding carboxylic acids is 1. The quantitative estimate of drug-likeness (QED) is 0.846. The molecule has 2 aromatic rings. The number of carbonyl (C=O) groups is 1. The van der Waals surface area contributed by atoms with Crippen LogP contribution >= 0.6 is 0 Å². The van der Waals surface area contributed by atoms with Gasteiger partial charge in [-0.2, -0.15) is 0 Å². The highest BCUT2D eigenvalue weighted by molar-refractivity contribution is 5.98. The van der Waals surface area contributed by atoms with Crippen molar-refractivity contribution in [3.63, 3.8) is 0 Å². The van der Waals surface area contributed by atoms with Crippen LogP contribution < -0.4 is 5.32 Å². The number of fused-ring (bicyclic) bond motifs is 3. The van der Waals surface area contributed by atoms with Crippen molar-refractivity contribution in [3.8, 4) is 0 Å². The molecule has 4 heterocycles. The van der Waals surface area contributed by atoms with E-state index in [4.69, 9.17) is 0 Å². The van der Waals surface area contributed by atoms with Gasteiger partial charge in [-0.1, -0.05) is 6.42 Å². The van der Waals surface area contributed by atoms with Gasteiger partial charge in [-0.3, -0.25) is 9.20 Å². The van der Waals surface area contributed by atoms with Crippen molar-refractivity contribution < 1.29 is 4.79 Å². The minimum Gasteiger partial charge on any atom is -0.311 e. The summed E-state index contributed by atoms with van der Waals surface area (Å²) < 4.78 is 1.81. The number of aromatic nitrogens is 3. The summed E-state index contributed by atoms with van der Waals surface area (Å²) in [6.45, 7) is 0. The van der Waals surface area contributed by atoms with E-state index in [-0.39, 0.29) is 11.7 Å². The Hall–Kier alpha value is -1.75. The molecule has 0 amide bonds. The first-order valence-corrected chi connectivity index (χ1v) is 7.39. The maximum absolute atomic E-state index is 12.7. The van der Waals surface area contributed by atoms with Crippen LogP contribution in [-0.4, -0.2) is 32.5 Å². The van der Waals surface area contributed by atoms with Crippen LogP contribution in [0.2, 0.25) is 0 Å². The van der Waals surface area contributed by atoms with Crippen molar-refractivity contribution >= 4 is 11.4 Å². The average molecular weight is 270 g/mol. The van der Waals surface area contributed by atoms with Gasteiger partial charge < -0.3 is 5.32 Å². The molecule has 104 valence electrons. The minimum absolute atomic E-state index is 0.167. The van der Waals surface area contributed by atoms with E-state index in [1.165, 1.54) is 19.3 Å². The summed E-state index contributed by atoms with van der Waals surface area (Å²) >= 11 is 0. The number of piperidine rings is 2. The summed E-state index contributed by atoms with van der Waals surface area (Å²) in [6.07, 6.45) is 9.19. The number of rotatable bonds is 2. The number of pyridine rings is 1. The van der Waals surface area contributed by atoms with Crippen LogP contribution in [0.25, 0.3) is 5.65 Å². The van der Waals surface area contributed by atoms with Crippen molar-refractivity contribution in [1.29, 1.82) is 0 Å². The van der Waals surface area contributed by atoms with Gasteiger partial charge in [-0.15, -0.1) is 10.2 Å². The van der Waals surface area contributed by atoms with Crippen LogP contribution in [0.3, 0.4) is 0 Å². The van der Waals surface area contributed by atoms with Crippen LogP contribution in [0.4, 0.5) is 0 Å². The fourth-order valence-electron chi connectivity index (χ4n) is 3.69. The maximum atomic E-state index is 12.7. The Bertz CT molecular complexity index is 638. The normalized spacial score (nSPS) is 29.5. The van der Waals surface area contributed by atoms with Gasteiger partial charge in [-0.25, -0.2) is 0 Å². The van der Waals surface area contributed by atoms with E-state index in [0.29, 0.717) is 12.1 Å². The van der Waals surface area contributed by atoms with Gasteiger partial charge in [0, 0.05) is 29.8 Å². The Balaban J connectivity index is 1.59. The van der Waals surface area contributed by atoms with Gasteiger partial charge in [0.05, 0.1) is 0 Å². The Morgan fingerprint density at radius 1 is 1.25 bits per heavy atom. The fourth-order valence-corrected chi connectivity index (χ4v) is 3.69. The molecular weight excluding hydrogens is 252 g/mol. The van der Waals surface area contributed by atoms with Crippen molar-refractivity contribution in [2.45, 2.75) is 44.2 Å². The van der Waals surface area contributed by atoms with Crippen LogP contribution in [-0.2, 0) is 0 Å². The predicted octanol–water partition coefficient (Wildman–Crippen LogP) is 1.83. The van der Waals surface area contributed by atoms with Gasteiger partial charge >= 0.3 is 0 Å². The third-order valence-electron chi connectivity index (χ3n) is 4.66. The number of hydrogen-bond donors (Lipinski definition) is 1. The van der Waals surface area contributed by atoms with Crippen molar-refractivity contribution in [2.24, 2.45) is 5.92 Å². The molecule has 0 aliphatic carbocycles. The van der Waals surface area contributed by atoms with Gasteiger partial charge in [-0.05, 0) is 37.8 Å². The van der Waals surface area contributed by atoms with Gasteiger partial charge in [0.15, 0.2) is 11.4 Å². The lowest BCUT2D eigenvalue weighted by Crippen LogP contribution is -2.50. The summed E-state index contributed by atoms with van der Waals surface area (Å²) in [5, 5.41) is 11.5. The number of hydrogen-bond acceptors (Lipinski definition) is 4. The van der Waals surface area contributed by atoms with Crippen LogP contribution in [0.5, 0.6) is 0 Å². The Morgan fingerprint density at radius 3 is 2.85 bits per heavy atom. The largest absolute Gasteiger partial charge is 0.311 e. The van der Waals surface area contributed by atoms with E-state index >= 15 is 0 Å². The molecular formula is C15H18N4O. The molecule has 2 fully saturated rings. The van der Waals surface area contributed by atoms with E-state index in [9.17, 15) is 4.79 Å². The third kappa shape index (κ3) is 2.02. The summed E-state index contributed by atoms with van der Waals surface area (Å²) in [6, 6.07) is 4.82. The van der Waals surface area contributed by atoms with Crippen LogP contribution in [0.1, 0.15) is 42.5 Å². The van der Waals surface area contributed by atoms with Gasteiger partial charge in [0.25, 0.3) is 0 Å². The molecule has 2 unspecified atom stereocenters. The molecule has 2 saturated heterocycles. The molecule has 2 aromatic heterocycles. The van der Waals surface area contributed by atoms with E-state index in [1.54, 1.807) is 6.33 Å². The number of Topliss-reactive ketones (excluding diaryl/α,β-unsaturated/α-hetero) is 1. The molecule has 0 spiro atoms. The molecule has 1 N–H and O–H groups in total. The number of ketones is 1. The highest BCUT2D eigenvalue weighted by Gasteiger charge is 2.34. The molecule has 2 bridgehead atoms. The molecule has 0 radical (unpaired) electrons. The van der Waals surface area contributed by atoms with Crippen molar-refractivity contribution in [2.75, 3.05) is 0 Å². The minimum atomic E-state index is 0.167. The van der Waals surface area contributed by atoms with Crippen LogP contribution in [0.15, 0.2) is 24.7 Å². The zero-order valence-electron chi connectivity index (χ0n) is 11.3. The summed E-state index contributed by atoms with van der Waals surface area (Å²) in [5.41, 5.74) is 1.56. The first-order valence-electron chi connectivity index (χ1n) is 7.39. The fraction of sp³-hybridized carbons (Fsp3) is 0.533. The Kier molecular flexibility index (Phi) is 2.80. The van der Waals surface area contributed by atoms with Gasteiger partial charge in [0.1, 0.15) is 6.33 Å². The lowest BCUT2D eigenvalue weighted by atomic mass is 9.77. The summed E-state index contributed by atoms with van der Waals surface area (Å²) in [4.78, 5) is 12.7. The molecule has 2 atom stereocenters. The zero-order valence-corrected chi connectivity index (χ0v) is 11.3. The second kappa shape index (κ2) is 4.66. The highest BCUT2D eigenvalue weighted by Crippen LogP contribution is 2.31. The molecule has 4 rings (SSSR count). The van der Waals surface area contributed by atoms with E-state index in [0.717, 1.165) is 24.1 Å². The van der Waals surface area contributed by atoms with E-state index in [2.05, 4.69) is 15.5 Å². The molecule has 0 saturated carbocycles. The zero-order chi connectivity index (χ0) is 13.5. The summed E-state index contributed by atoms with van der Waals surface area (Å²) in [7, 11) is 0. The Morgan fingerprint density at radius 2 is 2.05 bits per heavy atom. The summed E-state index contributed by atoms with van der Waals surface area (Å²) in [5.74, 6) is 0.444. The van der Waals surface area contributed by atoms with Crippen molar-refractivity contribution in [3.05, 3.63) is 30.2 Å². The SMILES string of the molecule is O=C(c1ccc2nncn2c1)C1CC2CCCC(C1)N2. The number of nitrogens with one attached hydrogen (secondary N) is 1. The first kappa shape index (κ1) is 12.0. The second-order valence-electron chi connectivity index (χ2n) is 6.04. The van der Waals surface area contributed by atoms with Crippen molar-refractivity contribution in [1.82, 2.24) is 19.9 Å². The monoisotopic (exact) mass is 270 g/mol. The second-order valence-corrected chi connectivity index (χ2v) is 6.04. The number of nitrogens with zero attached hydrogens (tertiary/aromatic N) is 3. The smallest absolute Gasteiger partial charge is 0.167 e. The molecule has 20 heavy (non-hydrogen) atoms. The first-order chi connectivity index (χ1) is 9.79. The molecule has 2 aliphatic heterocycles. The average Bonchev–Trinajstić information content (AvgIpc) is 2.93. The van der Waals surface area contributed by atoms with E-state index < -0.39 is 0 Å².